The third-order valence-electron chi connectivity index (χ3n) is 4.15. The molecular formula is C17H22N2O8S. The first-order valence-corrected chi connectivity index (χ1v) is 10.4. The number of nitrogens with zero attached hydrogens (tertiary/aromatic N) is 2. The van der Waals surface area contributed by atoms with Crippen molar-refractivity contribution in [1.82, 2.24) is 4.90 Å². The summed E-state index contributed by atoms with van der Waals surface area (Å²) in [4.78, 5) is 36.1. The van der Waals surface area contributed by atoms with Gasteiger partial charge in [0, 0.05) is 25.4 Å². The van der Waals surface area contributed by atoms with E-state index in [9.17, 15) is 28.1 Å². The lowest BCUT2D eigenvalue weighted by Gasteiger charge is -2.36. The Morgan fingerprint density at radius 1 is 1.29 bits per heavy atom. The minimum absolute atomic E-state index is 0.151. The van der Waals surface area contributed by atoms with Crippen molar-refractivity contribution in [2.24, 2.45) is 0 Å². The Balaban J connectivity index is 2.17. The molecule has 1 heterocycles. The van der Waals surface area contributed by atoms with Crippen LogP contribution in [0, 0.1) is 10.1 Å². The van der Waals surface area contributed by atoms with Gasteiger partial charge in [0.05, 0.1) is 22.7 Å². The van der Waals surface area contributed by atoms with Crippen LogP contribution in [0.25, 0.3) is 0 Å². The number of carbonyl (C=O) groups excluding carboxylic acids is 2. The molecule has 0 N–H and O–H groups in total. The van der Waals surface area contributed by atoms with Crippen LogP contribution in [-0.2, 0) is 24.1 Å². The fourth-order valence-electron chi connectivity index (χ4n) is 2.99. The van der Waals surface area contributed by atoms with Crippen LogP contribution in [0.1, 0.15) is 31.1 Å². The monoisotopic (exact) mass is 414 g/mol. The van der Waals surface area contributed by atoms with E-state index >= 15 is 0 Å². The van der Waals surface area contributed by atoms with Gasteiger partial charge in [-0.3, -0.25) is 14.9 Å². The first-order valence-electron chi connectivity index (χ1n) is 8.54. The predicted octanol–water partition coefficient (Wildman–Crippen LogP) is 1.18. The predicted molar refractivity (Wildman–Crippen MR) is 97.7 cm³/mol. The number of hydrogen-bond acceptors (Lipinski definition) is 8. The zero-order valence-corrected chi connectivity index (χ0v) is 16.8. The smallest absolute Gasteiger partial charge is 0.339 e. The Hall–Kier alpha value is -2.53. The first kappa shape index (κ1) is 21.8. The molecule has 0 radical (unpaired) electrons. The summed E-state index contributed by atoms with van der Waals surface area (Å²) < 4.78 is 34.0. The van der Waals surface area contributed by atoms with Crippen molar-refractivity contribution >= 4 is 27.4 Å². The van der Waals surface area contributed by atoms with Crippen LogP contribution in [-0.4, -0.2) is 67.8 Å². The molecule has 3 atom stereocenters. The van der Waals surface area contributed by atoms with Gasteiger partial charge in [-0.2, -0.15) is 0 Å². The van der Waals surface area contributed by atoms with E-state index in [1.807, 2.05) is 13.8 Å². The molecule has 1 aliphatic heterocycles. The molecule has 1 aliphatic rings. The Kier molecular flexibility index (Phi) is 6.40. The summed E-state index contributed by atoms with van der Waals surface area (Å²) in [6.07, 6.45) is -0.583. The number of esters is 1. The molecule has 1 amide bonds. The van der Waals surface area contributed by atoms with E-state index in [4.69, 9.17) is 9.47 Å². The third-order valence-corrected chi connectivity index (χ3v) is 5.30. The molecule has 0 aromatic heterocycles. The van der Waals surface area contributed by atoms with Gasteiger partial charge < -0.3 is 14.4 Å². The number of nitro benzene ring substituents is 1. The first-order chi connectivity index (χ1) is 12.9. The molecule has 28 heavy (non-hydrogen) atoms. The molecular weight excluding hydrogens is 392 g/mol. The summed E-state index contributed by atoms with van der Waals surface area (Å²) in [6, 6.07) is 2.92. The Morgan fingerprint density at radius 2 is 1.86 bits per heavy atom. The highest BCUT2D eigenvalue weighted by Gasteiger charge is 2.31. The molecule has 0 saturated carbocycles. The summed E-state index contributed by atoms with van der Waals surface area (Å²) in [5, 5.41) is 11.2. The van der Waals surface area contributed by atoms with Gasteiger partial charge in [-0.1, -0.05) is 0 Å². The fourth-order valence-corrected chi connectivity index (χ4v) is 3.82. The lowest BCUT2D eigenvalue weighted by atomic mass is 10.2. The number of morpholine rings is 1. The minimum atomic E-state index is -3.85. The van der Waals surface area contributed by atoms with Crippen LogP contribution in [0.15, 0.2) is 23.1 Å². The number of hydrogen-bond donors (Lipinski definition) is 0. The molecule has 0 bridgehead atoms. The second-order valence-corrected chi connectivity index (χ2v) is 8.74. The molecule has 1 aromatic carbocycles. The zero-order chi connectivity index (χ0) is 21.2. The highest BCUT2D eigenvalue weighted by atomic mass is 32.2. The number of rotatable bonds is 5. The summed E-state index contributed by atoms with van der Waals surface area (Å²) in [7, 11) is -3.85. The normalized spacial score (nSPS) is 21.1. The lowest BCUT2D eigenvalue weighted by Crippen LogP contribution is -2.51. The summed E-state index contributed by atoms with van der Waals surface area (Å²) in [6.45, 7) is 5.79. The molecule has 1 saturated heterocycles. The van der Waals surface area contributed by atoms with Crippen LogP contribution < -0.4 is 0 Å². The number of amides is 1. The highest BCUT2D eigenvalue weighted by Crippen LogP contribution is 2.25. The van der Waals surface area contributed by atoms with Crippen molar-refractivity contribution in [3.63, 3.8) is 0 Å². The molecule has 0 spiro atoms. The Morgan fingerprint density at radius 3 is 2.36 bits per heavy atom. The van der Waals surface area contributed by atoms with E-state index in [1.165, 1.54) is 11.8 Å². The van der Waals surface area contributed by atoms with E-state index in [2.05, 4.69) is 0 Å². The van der Waals surface area contributed by atoms with E-state index in [0.717, 1.165) is 24.5 Å². The van der Waals surface area contributed by atoms with Crippen LogP contribution >= 0.6 is 0 Å². The van der Waals surface area contributed by atoms with E-state index in [0.29, 0.717) is 13.1 Å². The molecule has 10 nitrogen and oxygen atoms in total. The minimum Gasteiger partial charge on any atom is -0.449 e. The van der Waals surface area contributed by atoms with Crippen molar-refractivity contribution < 1.29 is 32.4 Å². The Labute approximate surface area is 162 Å². The SMILES string of the molecule is CC1CN(C(=O)C(C)OC(=O)c2ccc(S(C)(=O)=O)c([N+](=O)[O-])c2)CC(C)O1. The number of benzene rings is 1. The topological polar surface area (TPSA) is 133 Å². The van der Waals surface area contributed by atoms with Crippen molar-refractivity contribution in [3.8, 4) is 0 Å². The average Bonchev–Trinajstić information content (AvgIpc) is 2.58. The van der Waals surface area contributed by atoms with E-state index in [-0.39, 0.29) is 17.8 Å². The maximum atomic E-state index is 12.5. The molecule has 0 aliphatic carbocycles. The Bertz CT molecular complexity index is 888. The van der Waals surface area contributed by atoms with Crippen molar-refractivity contribution in [1.29, 1.82) is 0 Å². The van der Waals surface area contributed by atoms with Gasteiger partial charge in [0.15, 0.2) is 15.9 Å². The largest absolute Gasteiger partial charge is 0.449 e. The van der Waals surface area contributed by atoms with Gasteiger partial charge in [-0.15, -0.1) is 0 Å². The van der Waals surface area contributed by atoms with Gasteiger partial charge in [0.25, 0.3) is 11.6 Å². The summed E-state index contributed by atoms with van der Waals surface area (Å²) in [5.41, 5.74) is -0.950. The van der Waals surface area contributed by atoms with Crippen molar-refractivity contribution in [2.75, 3.05) is 19.3 Å². The van der Waals surface area contributed by atoms with E-state index < -0.39 is 43.3 Å². The fraction of sp³-hybridized carbons (Fsp3) is 0.529. The van der Waals surface area contributed by atoms with Crippen LogP contribution in [0.2, 0.25) is 0 Å². The average molecular weight is 414 g/mol. The number of carbonyl (C=O) groups is 2. The highest BCUT2D eigenvalue weighted by molar-refractivity contribution is 7.90. The maximum Gasteiger partial charge on any atom is 0.339 e. The van der Waals surface area contributed by atoms with Crippen LogP contribution in [0.3, 0.4) is 0 Å². The standard InChI is InChI=1S/C17H22N2O8S/c1-10-8-18(9-11(2)26-10)16(20)12(3)27-17(21)13-5-6-15(28(4,24)25)14(7-13)19(22)23/h5-7,10-12H,8-9H2,1-4H3. The van der Waals surface area contributed by atoms with Crippen LogP contribution in [0.4, 0.5) is 5.69 Å². The molecule has 3 unspecified atom stereocenters. The maximum absolute atomic E-state index is 12.5. The second kappa shape index (κ2) is 8.23. The van der Waals surface area contributed by atoms with Gasteiger partial charge in [0.2, 0.25) is 0 Å². The second-order valence-electron chi connectivity index (χ2n) is 6.76. The van der Waals surface area contributed by atoms with Gasteiger partial charge in [0.1, 0.15) is 4.90 Å². The molecule has 2 rings (SSSR count). The van der Waals surface area contributed by atoms with Crippen LogP contribution in [0.5, 0.6) is 0 Å². The number of nitro groups is 1. The third kappa shape index (κ3) is 5.04. The number of sulfone groups is 1. The molecule has 1 fully saturated rings. The quantitative estimate of drug-likeness (QED) is 0.398. The lowest BCUT2D eigenvalue weighted by molar-refractivity contribution is -0.387. The van der Waals surface area contributed by atoms with Crippen molar-refractivity contribution in [3.05, 3.63) is 33.9 Å². The molecule has 1 aromatic rings. The molecule has 11 heteroatoms. The zero-order valence-electron chi connectivity index (χ0n) is 15.9. The van der Waals surface area contributed by atoms with E-state index in [1.54, 1.807) is 0 Å². The molecule has 154 valence electrons. The van der Waals surface area contributed by atoms with Gasteiger partial charge in [-0.05, 0) is 32.9 Å². The van der Waals surface area contributed by atoms with Gasteiger partial charge >= 0.3 is 5.97 Å². The van der Waals surface area contributed by atoms with Gasteiger partial charge in [-0.25, -0.2) is 13.2 Å². The summed E-state index contributed by atoms with van der Waals surface area (Å²) in [5.74, 6) is -1.36. The summed E-state index contributed by atoms with van der Waals surface area (Å²) >= 11 is 0. The van der Waals surface area contributed by atoms with Crippen molar-refractivity contribution in [2.45, 2.75) is 44.0 Å². The number of ether oxygens (including phenoxy) is 2.